The van der Waals surface area contributed by atoms with E-state index in [1.165, 1.54) is 4.52 Å². The molecule has 0 amide bonds. The van der Waals surface area contributed by atoms with Crippen LogP contribution in [0.5, 0.6) is 0 Å². The van der Waals surface area contributed by atoms with Crippen molar-refractivity contribution in [1.82, 2.24) is 19.8 Å². The topological polar surface area (TPSA) is 63.3 Å². The molecule has 1 N–H and O–H groups in total. The maximum absolute atomic E-state index is 12.4. The lowest BCUT2D eigenvalue weighted by Crippen LogP contribution is -2.30. The van der Waals surface area contributed by atoms with Crippen LogP contribution >= 0.6 is 11.3 Å². The van der Waals surface area contributed by atoms with E-state index in [0.717, 1.165) is 16.9 Å². The minimum Gasteiger partial charge on any atom is -0.383 e. The molecular weight excluding hydrogens is 305 g/mol. The maximum Gasteiger partial charge on any atom is 0.414 e. The van der Waals surface area contributed by atoms with Crippen LogP contribution in [0.15, 0.2) is 30.3 Å². The molecule has 0 bridgehead atoms. The molecule has 1 aromatic carbocycles. The monoisotopic (exact) mass is 314 g/mol. The van der Waals surface area contributed by atoms with Crippen LogP contribution in [-0.4, -0.2) is 37.2 Å². The molecule has 9 heteroatoms. The van der Waals surface area contributed by atoms with Crippen molar-refractivity contribution in [3.8, 4) is 11.4 Å². The highest BCUT2D eigenvalue weighted by Gasteiger charge is 2.38. The van der Waals surface area contributed by atoms with Gasteiger partial charge >= 0.3 is 6.18 Å². The third-order valence-corrected chi connectivity index (χ3v) is 3.73. The molecule has 5 nitrogen and oxygen atoms in total. The summed E-state index contributed by atoms with van der Waals surface area (Å²) in [5.41, 5.74) is 0.762. The van der Waals surface area contributed by atoms with Gasteiger partial charge in [-0.3, -0.25) is 0 Å². The van der Waals surface area contributed by atoms with Crippen molar-refractivity contribution >= 4 is 16.3 Å². The van der Waals surface area contributed by atoms with Crippen molar-refractivity contribution < 1.29 is 18.3 Å². The minimum atomic E-state index is -4.66. The quantitative estimate of drug-likeness (QED) is 0.806. The Balaban J connectivity index is 1.94. The highest BCUT2D eigenvalue weighted by Crippen LogP contribution is 2.26. The van der Waals surface area contributed by atoms with Gasteiger partial charge in [-0.05, 0) is 0 Å². The number of hydrogen-bond donors (Lipinski definition) is 1. The zero-order valence-corrected chi connectivity index (χ0v) is 11.3. The molecule has 3 rings (SSSR count). The Morgan fingerprint density at radius 1 is 1.19 bits per heavy atom. The Bertz CT molecular complexity index is 753. The lowest BCUT2D eigenvalue weighted by atomic mass is 10.2. The number of aromatic nitrogens is 4. The van der Waals surface area contributed by atoms with Crippen molar-refractivity contribution in [3.05, 3.63) is 35.3 Å². The average Bonchev–Trinajstić information content (AvgIpc) is 2.98. The SMILES string of the molecule is OC(Cc1nn2c(-c3ccccc3)nnc2s1)C(F)(F)F. The van der Waals surface area contributed by atoms with Gasteiger partial charge < -0.3 is 5.11 Å². The van der Waals surface area contributed by atoms with E-state index >= 15 is 0 Å². The molecule has 1 atom stereocenters. The molecule has 3 aromatic rings. The van der Waals surface area contributed by atoms with Crippen molar-refractivity contribution in [3.63, 3.8) is 0 Å². The molecule has 0 fully saturated rings. The summed E-state index contributed by atoms with van der Waals surface area (Å²) in [5.74, 6) is 0.453. The van der Waals surface area contributed by atoms with Crippen molar-refractivity contribution in [2.45, 2.75) is 18.7 Å². The second-order valence-electron chi connectivity index (χ2n) is 4.34. The van der Waals surface area contributed by atoms with Crippen LogP contribution in [0, 0.1) is 0 Å². The number of aliphatic hydroxyl groups is 1. The molecular formula is C12H9F3N4OS. The van der Waals surface area contributed by atoms with Gasteiger partial charge in [0, 0.05) is 12.0 Å². The third kappa shape index (κ3) is 2.74. The number of nitrogens with zero attached hydrogens (tertiary/aromatic N) is 4. The zero-order valence-electron chi connectivity index (χ0n) is 10.4. The van der Waals surface area contributed by atoms with Gasteiger partial charge in [-0.25, -0.2) is 0 Å². The number of rotatable bonds is 3. The summed E-state index contributed by atoms with van der Waals surface area (Å²) < 4.78 is 38.4. The van der Waals surface area contributed by atoms with Crippen LogP contribution < -0.4 is 0 Å². The fraction of sp³-hybridized carbons (Fsp3) is 0.250. The fourth-order valence-corrected chi connectivity index (χ4v) is 2.66. The summed E-state index contributed by atoms with van der Waals surface area (Å²) in [7, 11) is 0. The zero-order chi connectivity index (χ0) is 15.0. The second-order valence-corrected chi connectivity index (χ2v) is 5.38. The molecule has 0 aliphatic carbocycles. The van der Waals surface area contributed by atoms with Crippen molar-refractivity contribution in [2.24, 2.45) is 0 Å². The molecule has 2 heterocycles. The Morgan fingerprint density at radius 2 is 1.90 bits per heavy atom. The van der Waals surface area contributed by atoms with Gasteiger partial charge in [0.2, 0.25) is 4.96 Å². The summed E-state index contributed by atoms with van der Waals surface area (Å²) in [6.45, 7) is 0. The predicted octanol–water partition coefficient (Wildman–Crippen LogP) is 2.32. The first-order valence-electron chi connectivity index (χ1n) is 5.96. The smallest absolute Gasteiger partial charge is 0.383 e. The standard InChI is InChI=1S/C12H9F3N4OS/c13-12(14,15)8(20)6-9-18-19-10(16-17-11(19)21-9)7-4-2-1-3-5-7/h1-5,8,20H,6H2. The molecule has 21 heavy (non-hydrogen) atoms. The van der Waals surface area contributed by atoms with Crippen LogP contribution in [-0.2, 0) is 6.42 Å². The number of halogens is 3. The minimum absolute atomic E-state index is 0.155. The third-order valence-electron chi connectivity index (χ3n) is 2.81. The van der Waals surface area contributed by atoms with E-state index in [0.29, 0.717) is 10.8 Å². The van der Waals surface area contributed by atoms with Crippen LogP contribution in [0.4, 0.5) is 13.2 Å². The van der Waals surface area contributed by atoms with Crippen LogP contribution in [0.3, 0.4) is 0 Å². The first kappa shape index (κ1) is 14.0. The van der Waals surface area contributed by atoms with Crippen LogP contribution in [0.2, 0.25) is 0 Å². The summed E-state index contributed by atoms with van der Waals surface area (Å²) in [4.78, 5) is 0.387. The average molecular weight is 314 g/mol. The Morgan fingerprint density at radius 3 is 2.57 bits per heavy atom. The van der Waals surface area contributed by atoms with E-state index in [1.807, 2.05) is 18.2 Å². The van der Waals surface area contributed by atoms with Gasteiger partial charge in [0.1, 0.15) is 5.01 Å². The lowest BCUT2D eigenvalue weighted by Gasteiger charge is -2.11. The Kier molecular flexibility index (Phi) is 3.38. The van der Waals surface area contributed by atoms with Crippen LogP contribution in [0.1, 0.15) is 5.01 Å². The Hall–Kier alpha value is -2.00. The summed E-state index contributed by atoms with van der Waals surface area (Å²) in [6.07, 6.45) is -7.68. The summed E-state index contributed by atoms with van der Waals surface area (Å²) in [6, 6.07) is 9.09. The molecule has 0 spiro atoms. The molecule has 2 aromatic heterocycles. The van der Waals surface area contributed by atoms with Gasteiger partial charge in [-0.2, -0.15) is 22.8 Å². The largest absolute Gasteiger partial charge is 0.414 e. The first-order chi connectivity index (χ1) is 9.95. The van der Waals surface area contributed by atoms with E-state index in [4.69, 9.17) is 5.11 Å². The highest BCUT2D eigenvalue weighted by atomic mass is 32.1. The molecule has 0 radical (unpaired) electrons. The molecule has 0 saturated carbocycles. The van der Waals surface area contributed by atoms with E-state index in [9.17, 15) is 13.2 Å². The molecule has 0 aliphatic rings. The highest BCUT2D eigenvalue weighted by molar-refractivity contribution is 7.16. The molecule has 110 valence electrons. The van der Waals surface area contributed by atoms with Gasteiger partial charge in [0.05, 0.1) is 0 Å². The second kappa shape index (κ2) is 5.08. The predicted molar refractivity (Wildman–Crippen MR) is 69.9 cm³/mol. The number of benzene rings is 1. The van der Waals surface area contributed by atoms with E-state index in [-0.39, 0.29) is 5.01 Å². The first-order valence-corrected chi connectivity index (χ1v) is 6.78. The van der Waals surface area contributed by atoms with Crippen molar-refractivity contribution in [2.75, 3.05) is 0 Å². The number of aliphatic hydroxyl groups excluding tert-OH is 1. The molecule has 0 saturated heterocycles. The van der Waals surface area contributed by atoms with E-state index in [2.05, 4.69) is 15.3 Å². The van der Waals surface area contributed by atoms with E-state index in [1.54, 1.807) is 12.1 Å². The van der Waals surface area contributed by atoms with Gasteiger partial charge in [0.15, 0.2) is 11.9 Å². The van der Waals surface area contributed by atoms with Crippen molar-refractivity contribution in [1.29, 1.82) is 0 Å². The fourth-order valence-electron chi connectivity index (χ4n) is 1.79. The maximum atomic E-state index is 12.4. The van der Waals surface area contributed by atoms with Crippen LogP contribution in [0.25, 0.3) is 16.3 Å². The number of fused-ring (bicyclic) bond motifs is 1. The summed E-state index contributed by atoms with van der Waals surface area (Å²) >= 11 is 0.975. The van der Waals surface area contributed by atoms with E-state index < -0.39 is 18.7 Å². The van der Waals surface area contributed by atoms with Gasteiger partial charge in [-0.1, -0.05) is 41.7 Å². The van der Waals surface area contributed by atoms with Gasteiger partial charge in [0.25, 0.3) is 0 Å². The van der Waals surface area contributed by atoms with Gasteiger partial charge in [-0.15, -0.1) is 10.2 Å². The number of hydrogen-bond acceptors (Lipinski definition) is 5. The summed E-state index contributed by atoms with van der Waals surface area (Å²) in [5, 5.41) is 21.2. The number of alkyl halides is 3. The molecule has 0 aliphatic heterocycles. The lowest BCUT2D eigenvalue weighted by molar-refractivity contribution is -0.203. The normalized spacial score (nSPS) is 13.7. The molecule has 1 unspecified atom stereocenters. The Labute approximate surface area is 120 Å².